The van der Waals surface area contributed by atoms with Crippen LogP contribution in [-0.2, 0) is 4.79 Å². The summed E-state index contributed by atoms with van der Waals surface area (Å²) in [4.78, 5) is 14.7. The molecule has 2 heterocycles. The summed E-state index contributed by atoms with van der Waals surface area (Å²) in [5.74, 6) is 0.0534. The smallest absolute Gasteiger partial charge is 0.244 e. The maximum absolute atomic E-state index is 12.4. The van der Waals surface area contributed by atoms with Crippen LogP contribution in [0, 0.1) is 13.8 Å². The van der Waals surface area contributed by atoms with Gasteiger partial charge in [0.2, 0.25) is 5.91 Å². The Labute approximate surface area is 128 Å². The van der Waals surface area contributed by atoms with Gasteiger partial charge in [-0.05, 0) is 69.7 Å². The van der Waals surface area contributed by atoms with Crippen molar-refractivity contribution in [2.24, 2.45) is 0 Å². The number of likely N-dealkylation sites (tertiary alicyclic amines) is 1. The van der Waals surface area contributed by atoms with Crippen LogP contribution in [0.15, 0.2) is 4.47 Å². The molecule has 1 aromatic rings. The van der Waals surface area contributed by atoms with Gasteiger partial charge in [-0.1, -0.05) is 0 Å². The van der Waals surface area contributed by atoms with Crippen LogP contribution in [0.2, 0.25) is 0 Å². The Bertz CT molecular complexity index is 492. The van der Waals surface area contributed by atoms with Gasteiger partial charge >= 0.3 is 0 Å². The molecule has 112 valence electrons. The van der Waals surface area contributed by atoms with Crippen LogP contribution in [0.3, 0.4) is 0 Å². The maximum Gasteiger partial charge on any atom is 0.244 e. The Hall–Kier alpha value is -0.880. The number of nitrogens with zero attached hydrogens (tertiary/aromatic N) is 3. The van der Waals surface area contributed by atoms with Crippen molar-refractivity contribution in [2.45, 2.75) is 45.7 Å². The van der Waals surface area contributed by atoms with Crippen molar-refractivity contribution >= 4 is 21.8 Å². The van der Waals surface area contributed by atoms with Gasteiger partial charge in [-0.3, -0.25) is 9.48 Å². The van der Waals surface area contributed by atoms with Gasteiger partial charge in [-0.15, -0.1) is 0 Å². The molecule has 0 saturated carbocycles. The van der Waals surface area contributed by atoms with E-state index in [1.54, 1.807) is 4.68 Å². The number of carbonyl (C=O) groups is 1. The molecule has 0 radical (unpaired) electrons. The van der Waals surface area contributed by atoms with E-state index < -0.39 is 0 Å². The lowest BCUT2D eigenvalue weighted by atomic mass is 10.1. The lowest BCUT2D eigenvalue weighted by Gasteiger charge is -2.30. The molecule has 1 fully saturated rings. The Balaban J connectivity index is 2.00. The van der Waals surface area contributed by atoms with Gasteiger partial charge in [0, 0.05) is 6.04 Å². The quantitative estimate of drug-likeness (QED) is 0.914. The number of halogens is 1. The lowest BCUT2D eigenvalue weighted by molar-refractivity contribution is -0.125. The summed E-state index contributed by atoms with van der Waals surface area (Å²) in [7, 11) is 2.12. The zero-order chi connectivity index (χ0) is 14.9. The number of aromatic nitrogens is 2. The average molecular weight is 343 g/mol. The largest absolute Gasteiger partial charge is 0.351 e. The second-order valence-electron chi connectivity index (χ2n) is 5.69. The first-order chi connectivity index (χ1) is 9.40. The van der Waals surface area contributed by atoms with Crippen molar-refractivity contribution in [3.63, 3.8) is 0 Å². The second kappa shape index (κ2) is 6.26. The Morgan fingerprint density at radius 1 is 1.40 bits per heavy atom. The Kier molecular flexibility index (Phi) is 4.86. The molecule has 20 heavy (non-hydrogen) atoms. The molecule has 1 aliphatic heterocycles. The highest BCUT2D eigenvalue weighted by Crippen LogP contribution is 2.23. The monoisotopic (exact) mass is 342 g/mol. The summed E-state index contributed by atoms with van der Waals surface area (Å²) in [6.45, 7) is 7.91. The van der Waals surface area contributed by atoms with Crippen molar-refractivity contribution in [1.29, 1.82) is 0 Å². The van der Waals surface area contributed by atoms with Gasteiger partial charge < -0.3 is 10.2 Å². The number of carbonyl (C=O) groups excluding carboxylic acids is 1. The molecule has 0 aliphatic carbocycles. The van der Waals surface area contributed by atoms with Gasteiger partial charge in [0.15, 0.2) is 0 Å². The summed E-state index contributed by atoms with van der Waals surface area (Å²) in [5, 5.41) is 7.59. The third-order valence-corrected chi connectivity index (χ3v) is 5.20. The number of aryl methyl sites for hydroxylation is 1. The molecular formula is C14H23BrN4O. The number of rotatable bonds is 3. The first kappa shape index (κ1) is 15.5. The van der Waals surface area contributed by atoms with E-state index in [1.807, 2.05) is 20.8 Å². The average Bonchev–Trinajstić information content (AvgIpc) is 2.68. The standard InChI is InChI=1S/C14H23BrN4O/c1-9-13(15)10(2)19(17-9)11(3)14(20)16-12-5-7-18(4)8-6-12/h11-12H,5-8H2,1-4H3,(H,16,20). The van der Waals surface area contributed by atoms with Crippen molar-refractivity contribution < 1.29 is 4.79 Å². The number of amides is 1. The minimum absolute atomic E-state index is 0.0534. The molecule has 1 amide bonds. The van der Waals surface area contributed by atoms with Gasteiger partial charge in [-0.25, -0.2) is 0 Å². The Morgan fingerprint density at radius 2 is 2.00 bits per heavy atom. The third kappa shape index (κ3) is 3.23. The number of piperidine rings is 1. The van der Waals surface area contributed by atoms with Crippen LogP contribution in [0.5, 0.6) is 0 Å². The van der Waals surface area contributed by atoms with E-state index in [4.69, 9.17) is 0 Å². The fourth-order valence-corrected chi connectivity index (χ4v) is 2.87. The molecule has 1 atom stereocenters. The van der Waals surface area contributed by atoms with Crippen LogP contribution in [0.4, 0.5) is 0 Å². The van der Waals surface area contributed by atoms with E-state index in [1.165, 1.54) is 0 Å². The van der Waals surface area contributed by atoms with E-state index in [0.29, 0.717) is 6.04 Å². The van der Waals surface area contributed by atoms with Crippen molar-refractivity contribution in [2.75, 3.05) is 20.1 Å². The molecule has 0 spiro atoms. The number of hydrogen-bond acceptors (Lipinski definition) is 3. The normalized spacial score (nSPS) is 19.1. The molecule has 1 aromatic heterocycles. The lowest BCUT2D eigenvalue weighted by Crippen LogP contribution is -2.45. The third-order valence-electron chi connectivity index (χ3n) is 4.05. The van der Waals surface area contributed by atoms with Crippen LogP contribution >= 0.6 is 15.9 Å². The molecule has 1 unspecified atom stereocenters. The molecule has 2 rings (SSSR count). The minimum atomic E-state index is -0.278. The van der Waals surface area contributed by atoms with E-state index >= 15 is 0 Å². The summed E-state index contributed by atoms with van der Waals surface area (Å²) in [5.41, 5.74) is 1.91. The number of hydrogen-bond donors (Lipinski definition) is 1. The summed E-state index contributed by atoms with van der Waals surface area (Å²) >= 11 is 3.50. The van der Waals surface area contributed by atoms with Crippen LogP contribution in [-0.4, -0.2) is 46.8 Å². The maximum atomic E-state index is 12.4. The predicted molar refractivity (Wildman–Crippen MR) is 82.8 cm³/mol. The van der Waals surface area contributed by atoms with Gasteiger partial charge in [0.05, 0.1) is 15.9 Å². The fourth-order valence-electron chi connectivity index (χ4n) is 2.61. The van der Waals surface area contributed by atoms with E-state index in [0.717, 1.165) is 41.8 Å². The molecule has 1 N–H and O–H groups in total. The fraction of sp³-hybridized carbons (Fsp3) is 0.714. The van der Waals surface area contributed by atoms with E-state index in [9.17, 15) is 4.79 Å². The van der Waals surface area contributed by atoms with Gasteiger partial charge in [0.1, 0.15) is 6.04 Å². The second-order valence-corrected chi connectivity index (χ2v) is 6.48. The highest BCUT2D eigenvalue weighted by Gasteiger charge is 2.24. The van der Waals surface area contributed by atoms with Crippen molar-refractivity contribution in [1.82, 2.24) is 20.0 Å². The van der Waals surface area contributed by atoms with E-state index in [-0.39, 0.29) is 11.9 Å². The minimum Gasteiger partial charge on any atom is -0.351 e. The zero-order valence-electron chi connectivity index (χ0n) is 12.6. The van der Waals surface area contributed by atoms with Crippen LogP contribution in [0.25, 0.3) is 0 Å². The summed E-state index contributed by atoms with van der Waals surface area (Å²) in [6, 6.07) is 0.0150. The van der Waals surface area contributed by atoms with Crippen LogP contribution < -0.4 is 5.32 Å². The summed E-state index contributed by atoms with van der Waals surface area (Å²) in [6.07, 6.45) is 2.05. The highest BCUT2D eigenvalue weighted by atomic mass is 79.9. The topological polar surface area (TPSA) is 50.2 Å². The molecule has 0 aromatic carbocycles. The van der Waals surface area contributed by atoms with Gasteiger partial charge in [0.25, 0.3) is 0 Å². The summed E-state index contributed by atoms with van der Waals surface area (Å²) < 4.78 is 2.78. The van der Waals surface area contributed by atoms with Crippen molar-refractivity contribution in [3.05, 3.63) is 15.9 Å². The van der Waals surface area contributed by atoms with Gasteiger partial charge in [-0.2, -0.15) is 5.10 Å². The molecule has 1 saturated heterocycles. The molecule has 5 nitrogen and oxygen atoms in total. The molecular weight excluding hydrogens is 320 g/mol. The SMILES string of the molecule is Cc1nn(C(C)C(=O)NC2CCN(C)CC2)c(C)c1Br. The molecule has 0 bridgehead atoms. The zero-order valence-corrected chi connectivity index (χ0v) is 14.2. The van der Waals surface area contributed by atoms with Crippen molar-refractivity contribution in [3.8, 4) is 0 Å². The Morgan fingerprint density at radius 3 is 2.50 bits per heavy atom. The predicted octanol–water partition coefficient (Wildman–Crippen LogP) is 2.03. The first-order valence-corrected chi connectivity index (χ1v) is 7.89. The number of nitrogens with one attached hydrogen (secondary N) is 1. The van der Waals surface area contributed by atoms with Crippen LogP contribution in [0.1, 0.15) is 37.2 Å². The first-order valence-electron chi connectivity index (χ1n) is 7.10. The molecule has 6 heteroatoms. The highest BCUT2D eigenvalue weighted by molar-refractivity contribution is 9.10. The molecule has 1 aliphatic rings. The van der Waals surface area contributed by atoms with E-state index in [2.05, 4.69) is 38.3 Å².